The molecule has 0 fully saturated rings. The van der Waals surface area contributed by atoms with Crippen LogP contribution in [0.1, 0.15) is 9.67 Å². The SMILES string of the molecule is COC(=O)c1sc(N)nc1-c1nccn1C. The number of carbonyl (C=O) groups is 1. The second-order valence-electron chi connectivity index (χ2n) is 3.08. The number of aryl methyl sites for hydroxylation is 1. The summed E-state index contributed by atoms with van der Waals surface area (Å²) in [7, 11) is 3.14. The number of rotatable bonds is 2. The number of hydrogen-bond donors (Lipinski definition) is 1. The van der Waals surface area contributed by atoms with E-state index in [-0.39, 0.29) is 0 Å². The van der Waals surface area contributed by atoms with Gasteiger partial charge in [0.15, 0.2) is 11.0 Å². The second kappa shape index (κ2) is 3.93. The first-order valence-corrected chi connectivity index (χ1v) is 5.27. The van der Waals surface area contributed by atoms with E-state index < -0.39 is 5.97 Å². The van der Waals surface area contributed by atoms with Crippen molar-refractivity contribution in [3.05, 3.63) is 17.3 Å². The van der Waals surface area contributed by atoms with Crippen molar-refractivity contribution in [1.82, 2.24) is 14.5 Å². The first-order chi connectivity index (χ1) is 7.63. The first-order valence-electron chi connectivity index (χ1n) is 4.45. The molecule has 2 N–H and O–H groups in total. The predicted octanol–water partition coefficient (Wildman–Crippen LogP) is 0.912. The number of aromatic nitrogens is 3. The maximum absolute atomic E-state index is 11.5. The van der Waals surface area contributed by atoms with Crippen LogP contribution in [0, 0.1) is 0 Å². The number of thiazole rings is 1. The maximum atomic E-state index is 11.5. The molecule has 0 aliphatic heterocycles. The van der Waals surface area contributed by atoms with Gasteiger partial charge in [0.05, 0.1) is 7.11 Å². The van der Waals surface area contributed by atoms with E-state index in [2.05, 4.69) is 14.7 Å². The highest BCUT2D eigenvalue weighted by Crippen LogP contribution is 2.28. The molecule has 7 heteroatoms. The van der Waals surface area contributed by atoms with Crippen LogP contribution in [0.2, 0.25) is 0 Å². The highest BCUT2D eigenvalue weighted by molar-refractivity contribution is 7.17. The van der Waals surface area contributed by atoms with E-state index in [9.17, 15) is 4.79 Å². The van der Waals surface area contributed by atoms with Crippen molar-refractivity contribution in [2.24, 2.45) is 7.05 Å². The van der Waals surface area contributed by atoms with Gasteiger partial charge in [-0.25, -0.2) is 14.8 Å². The zero-order chi connectivity index (χ0) is 11.7. The fourth-order valence-corrected chi connectivity index (χ4v) is 2.06. The number of esters is 1. The third kappa shape index (κ3) is 1.65. The Morgan fingerprint density at radius 2 is 2.38 bits per heavy atom. The van der Waals surface area contributed by atoms with Gasteiger partial charge in [0, 0.05) is 19.4 Å². The quantitative estimate of drug-likeness (QED) is 0.786. The molecular formula is C9H10N4O2S. The molecule has 16 heavy (non-hydrogen) atoms. The Hall–Kier alpha value is -1.89. The fourth-order valence-electron chi connectivity index (χ4n) is 1.31. The predicted molar refractivity (Wildman–Crippen MR) is 60.1 cm³/mol. The molecule has 2 heterocycles. The summed E-state index contributed by atoms with van der Waals surface area (Å²) in [5.74, 6) is 0.139. The Labute approximate surface area is 95.7 Å². The average Bonchev–Trinajstić information content (AvgIpc) is 2.83. The van der Waals surface area contributed by atoms with Crippen molar-refractivity contribution in [1.29, 1.82) is 0 Å². The number of nitrogens with two attached hydrogens (primary N) is 1. The van der Waals surface area contributed by atoms with Crippen LogP contribution in [0.5, 0.6) is 0 Å². The van der Waals surface area contributed by atoms with Crippen LogP contribution in [0.4, 0.5) is 5.13 Å². The van der Waals surface area contributed by atoms with E-state index in [4.69, 9.17) is 5.73 Å². The summed E-state index contributed by atoms with van der Waals surface area (Å²) in [5.41, 5.74) is 6.05. The largest absolute Gasteiger partial charge is 0.465 e. The van der Waals surface area contributed by atoms with Crippen LogP contribution in [-0.4, -0.2) is 27.6 Å². The molecule has 0 aromatic carbocycles. The van der Waals surface area contributed by atoms with Crippen molar-refractivity contribution < 1.29 is 9.53 Å². The number of nitrogens with zero attached hydrogens (tertiary/aromatic N) is 3. The van der Waals surface area contributed by atoms with E-state index in [0.29, 0.717) is 21.5 Å². The molecular weight excluding hydrogens is 228 g/mol. The summed E-state index contributed by atoms with van der Waals surface area (Å²) >= 11 is 1.09. The van der Waals surface area contributed by atoms with Crippen LogP contribution in [0.15, 0.2) is 12.4 Å². The summed E-state index contributed by atoms with van der Waals surface area (Å²) in [6.07, 6.45) is 3.40. The van der Waals surface area contributed by atoms with Gasteiger partial charge in [0.25, 0.3) is 0 Å². The summed E-state index contributed by atoms with van der Waals surface area (Å²) in [6, 6.07) is 0. The molecule has 0 saturated carbocycles. The Morgan fingerprint density at radius 3 is 2.94 bits per heavy atom. The summed E-state index contributed by atoms with van der Waals surface area (Å²) in [4.78, 5) is 20.1. The van der Waals surface area contributed by atoms with E-state index in [0.717, 1.165) is 11.3 Å². The van der Waals surface area contributed by atoms with Gasteiger partial charge in [-0.2, -0.15) is 0 Å². The molecule has 84 valence electrons. The molecule has 0 amide bonds. The molecule has 2 rings (SSSR count). The molecule has 0 radical (unpaired) electrons. The second-order valence-corrected chi connectivity index (χ2v) is 4.11. The summed E-state index contributed by atoms with van der Waals surface area (Å²) in [6.45, 7) is 0. The van der Waals surface area contributed by atoms with Gasteiger partial charge in [-0.1, -0.05) is 11.3 Å². The normalized spacial score (nSPS) is 10.4. The molecule has 6 nitrogen and oxygen atoms in total. The van der Waals surface area contributed by atoms with Gasteiger partial charge in [0.1, 0.15) is 10.6 Å². The highest BCUT2D eigenvalue weighted by Gasteiger charge is 2.21. The topological polar surface area (TPSA) is 83.0 Å². The van der Waals surface area contributed by atoms with Crippen molar-refractivity contribution in [3.8, 4) is 11.5 Å². The number of anilines is 1. The Kier molecular flexibility index (Phi) is 2.61. The zero-order valence-electron chi connectivity index (χ0n) is 8.80. The lowest BCUT2D eigenvalue weighted by Gasteiger charge is -2.00. The molecule has 0 aliphatic rings. The lowest BCUT2D eigenvalue weighted by atomic mass is 10.3. The Morgan fingerprint density at radius 1 is 1.62 bits per heavy atom. The minimum atomic E-state index is -0.452. The monoisotopic (exact) mass is 238 g/mol. The number of ether oxygens (including phenoxy) is 1. The van der Waals surface area contributed by atoms with Gasteiger partial charge in [0.2, 0.25) is 0 Å². The number of methoxy groups -OCH3 is 1. The van der Waals surface area contributed by atoms with Crippen molar-refractivity contribution in [3.63, 3.8) is 0 Å². The molecule has 0 saturated heterocycles. The average molecular weight is 238 g/mol. The number of hydrogen-bond acceptors (Lipinski definition) is 6. The van der Waals surface area contributed by atoms with Crippen LogP contribution < -0.4 is 5.73 Å². The van der Waals surface area contributed by atoms with Gasteiger partial charge in [-0.15, -0.1) is 0 Å². The fraction of sp³-hybridized carbons (Fsp3) is 0.222. The van der Waals surface area contributed by atoms with Crippen molar-refractivity contribution in [2.45, 2.75) is 0 Å². The highest BCUT2D eigenvalue weighted by atomic mass is 32.1. The summed E-state index contributed by atoms with van der Waals surface area (Å²) < 4.78 is 6.43. The van der Waals surface area contributed by atoms with E-state index in [1.807, 2.05) is 7.05 Å². The van der Waals surface area contributed by atoms with Crippen molar-refractivity contribution in [2.75, 3.05) is 12.8 Å². The van der Waals surface area contributed by atoms with Gasteiger partial charge in [-0.05, 0) is 0 Å². The van der Waals surface area contributed by atoms with Crippen molar-refractivity contribution >= 4 is 22.4 Å². The molecule has 2 aromatic rings. The smallest absolute Gasteiger partial charge is 0.350 e. The van der Waals surface area contributed by atoms with E-state index >= 15 is 0 Å². The van der Waals surface area contributed by atoms with Crippen LogP contribution >= 0.6 is 11.3 Å². The van der Waals surface area contributed by atoms with Gasteiger partial charge < -0.3 is 15.0 Å². The molecule has 2 aromatic heterocycles. The minimum Gasteiger partial charge on any atom is -0.465 e. The maximum Gasteiger partial charge on any atom is 0.350 e. The third-order valence-corrected chi connectivity index (χ3v) is 2.91. The minimum absolute atomic E-state index is 0.318. The van der Waals surface area contributed by atoms with E-state index in [1.54, 1.807) is 17.0 Å². The standard InChI is InChI=1S/C9H10N4O2S/c1-13-4-3-11-7(13)5-6(8(14)15-2)16-9(10)12-5/h3-4H,1-2H3,(H2,10,12). The molecule has 0 unspecified atom stereocenters. The molecule has 0 spiro atoms. The van der Waals surface area contributed by atoms with Crippen LogP contribution in [0.25, 0.3) is 11.5 Å². The number of carbonyl (C=O) groups excluding carboxylic acids is 1. The van der Waals surface area contributed by atoms with Crippen LogP contribution in [-0.2, 0) is 11.8 Å². The molecule has 0 aliphatic carbocycles. The molecule has 0 bridgehead atoms. The lowest BCUT2D eigenvalue weighted by molar-refractivity contribution is 0.0607. The Balaban J connectivity index is 2.57. The first kappa shape index (κ1) is 10.6. The van der Waals surface area contributed by atoms with Gasteiger partial charge >= 0.3 is 5.97 Å². The third-order valence-electron chi connectivity index (χ3n) is 2.05. The Bertz CT molecular complexity index is 531. The molecule has 0 atom stereocenters. The van der Waals surface area contributed by atoms with Crippen LogP contribution in [0.3, 0.4) is 0 Å². The van der Waals surface area contributed by atoms with E-state index in [1.165, 1.54) is 7.11 Å². The number of nitrogen functional groups attached to an aromatic ring is 1. The zero-order valence-corrected chi connectivity index (χ0v) is 9.61. The summed E-state index contributed by atoms with van der Waals surface area (Å²) in [5, 5.41) is 0.318. The number of imidazole rings is 1. The lowest BCUT2D eigenvalue weighted by Crippen LogP contribution is -2.02. The van der Waals surface area contributed by atoms with Gasteiger partial charge in [-0.3, -0.25) is 0 Å².